The average molecular weight is 412 g/mol. The zero-order valence-corrected chi connectivity index (χ0v) is 15.3. The molecule has 0 aliphatic carbocycles. The van der Waals surface area contributed by atoms with Crippen LogP contribution in [0.5, 0.6) is 5.75 Å². The summed E-state index contributed by atoms with van der Waals surface area (Å²) in [5, 5.41) is 4.64. The molecule has 2 aromatic carbocycles. The van der Waals surface area contributed by atoms with Crippen LogP contribution < -0.4 is 15.4 Å². The number of esters is 1. The normalized spacial score (nSPS) is 11.2. The van der Waals surface area contributed by atoms with Gasteiger partial charge in [-0.05, 0) is 42.5 Å². The summed E-state index contributed by atoms with van der Waals surface area (Å²) in [6.45, 7) is 0. The maximum Gasteiger partial charge on any atom is 0.416 e. The number of hydrogen-bond acceptors (Lipinski definition) is 4. The Balaban J connectivity index is 2.26. The van der Waals surface area contributed by atoms with Crippen molar-refractivity contribution in [3.05, 3.63) is 59.4 Å². The van der Waals surface area contributed by atoms with Gasteiger partial charge in [0.15, 0.2) is 0 Å². The summed E-state index contributed by atoms with van der Waals surface area (Å²) in [6, 6.07) is 5.06. The van der Waals surface area contributed by atoms with Crippen LogP contribution in [0, 0.1) is 5.82 Å². The first-order chi connectivity index (χ1) is 13.6. The largest absolute Gasteiger partial charge is 0.495 e. The highest BCUT2D eigenvalue weighted by Gasteiger charge is 2.31. The molecule has 0 atom stereocenters. The monoisotopic (exact) mass is 412 g/mol. The molecular formula is C19H16F4N2O4. The molecule has 2 rings (SSSR count). The Bertz CT molecular complexity index is 942. The van der Waals surface area contributed by atoms with Gasteiger partial charge in [0.25, 0.3) is 0 Å². The molecule has 0 fully saturated rings. The number of benzene rings is 2. The van der Waals surface area contributed by atoms with Crippen molar-refractivity contribution >= 4 is 29.5 Å². The molecule has 154 valence electrons. The minimum atomic E-state index is -4.61. The summed E-state index contributed by atoms with van der Waals surface area (Å²) in [6.07, 6.45) is -2.37. The van der Waals surface area contributed by atoms with Gasteiger partial charge in [0.1, 0.15) is 11.6 Å². The molecule has 0 saturated carbocycles. The Labute approximate surface area is 163 Å². The van der Waals surface area contributed by atoms with Crippen LogP contribution in [0.25, 0.3) is 6.08 Å². The lowest BCUT2D eigenvalue weighted by Crippen LogP contribution is -2.21. The van der Waals surface area contributed by atoms with Crippen molar-refractivity contribution in [3.8, 4) is 5.75 Å². The average Bonchev–Trinajstić information content (AvgIpc) is 2.67. The molecule has 0 heterocycles. The number of alkyl halides is 3. The van der Waals surface area contributed by atoms with Gasteiger partial charge >= 0.3 is 18.2 Å². The van der Waals surface area contributed by atoms with Crippen molar-refractivity contribution in [1.82, 2.24) is 0 Å². The van der Waals surface area contributed by atoms with E-state index in [4.69, 9.17) is 4.74 Å². The second-order valence-corrected chi connectivity index (χ2v) is 5.58. The number of methoxy groups -OCH3 is 2. The number of hydrogen-bond donors (Lipinski definition) is 2. The molecule has 0 unspecified atom stereocenters. The summed E-state index contributed by atoms with van der Waals surface area (Å²) in [7, 11) is 2.40. The first-order valence-electron chi connectivity index (χ1n) is 8.03. The number of halogens is 4. The van der Waals surface area contributed by atoms with Crippen LogP contribution in [0.1, 0.15) is 11.1 Å². The van der Waals surface area contributed by atoms with Gasteiger partial charge in [-0.15, -0.1) is 0 Å². The maximum absolute atomic E-state index is 13.5. The zero-order chi connectivity index (χ0) is 21.6. The summed E-state index contributed by atoms with van der Waals surface area (Å²) in [5.41, 5.74) is -0.942. The summed E-state index contributed by atoms with van der Waals surface area (Å²) in [5.74, 6) is -1.31. The standard InChI is InChI=1S/C19H16F4N2O4/c1-28-16-7-4-12(19(21,22)23)10-15(16)25-18(27)24-14-6-5-13(20)9-11(14)3-8-17(26)29-2/h3-10H,1-2H3,(H2,24,25,27)/b8-3+. The predicted octanol–water partition coefficient (Wildman–Crippen LogP) is 4.68. The van der Waals surface area contributed by atoms with Gasteiger partial charge in [-0.3, -0.25) is 0 Å². The fourth-order valence-electron chi connectivity index (χ4n) is 2.27. The minimum absolute atomic E-state index is 0.0121. The van der Waals surface area contributed by atoms with Gasteiger partial charge in [-0.1, -0.05) is 0 Å². The second kappa shape index (κ2) is 9.09. The van der Waals surface area contributed by atoms with E-state index in [9.17, 15) is 27.2 Å². The predicted molar refractivity (Wildman–Crippen MR) is 98.1 cm³/mol. The van der Waals surface area contributed by atoms with E-state index in [2.05, 4.69) is 15.4 Å². The number of carbonyl (C=O) groups excluding carboxylic acids is 2. The van der Waals surface area contributed by atoms with E-state index in [0.29, 0.717) is 0 Å². The fourth-order valence-corrected chi connectivity index (χ4v) is 2.27. The lowest BCUT2D eigenvalue weighted by molar-refractivity contribution is -0.137. The molecule has 0 bridgehead atoms. The Hall–Kier alpha value is -3.56. The first-order valence-corrected chi connectivity index (χ1v) is 8.03. The van der Waals surface area contributed by atoms with Gasteiger partial charge in [0.2, 0.25) is 0 Å². The Kier molecular flexibility index (Phi) is 6.81. The molecule has 0 aliphatic heterocycles. The quantitative estimate of drug-likeness (QED) is 0.425. The summed E-state index contributed by atoms with van der Waals surface area (Å²) < 4.78 is 61.6. The van der Waals surface area contributed by atoms with Crippen molar-refractivity contribution in [3.63, 3.8) is 0 Å². The van der Waals surface area contributed by atoms with Crippen LogP contribution in [-0.4, -0.2) is 26.2 Å². The molecule has 2 aromatic rings. The smallest absolute Gasteiger partial charge is 0.416 e. The first kappa shape index (κ1) is 21.7. The molecule has 0 aliphatic rings. The van der Waals surface area contributed by atoms with E-state index >= 15 is 0 Å². The van der Waals surface area contributed by atoms with E-state index in [1.54, 1.807) is 0 Å². The number of urea groups is 1. The van der Waals surface area contributed by atoms with Crippen molar-refractivity contribution in [2.45, 2.75) is 6.18 Å². The lowest BCUT2D eigenvalue weighted by Gasteiger charge is -2.15. The van der Waals surface area contributed by atoms with E-state index in [1.807, 2.05) is 0 Å². The third-order valence-corrected chi connectivity index (χ3v) is 3.64. The zero-order valence-electron chi connectivity index (χ0n) is 15.3. The minimum Gasteiger partial charge on any atom is -0.495 e. The van der Waals surface area contributed by atoms with Crippen LogP contribution in [-0.2, 0) is 15.7 Å². The number of amides is 2. The Morgan fingerprint density at radius 2 is 1.69 bits per heavy atom. The third kappa shape index (κ3) is 5.96. The molecule has 29 heavy (non-hydrogen) atoms. The molecule has 2 amide bonds. The van der Waals surface area contributed by atoms with Crippen molar-refractivity contribution in [2.24, 2.45) is 0 Å². The van der Waals surface area contributed by atoms with Gasteiger partial charge in [0.05, 0.1) is 25.5 Å². The number of ether oxygens (including phenoxy) is 2. The third-order valence-electron chi connectivity index (χ3n) is 3.64. The molecule has 0 aromatic heterocycles. The van der Waals surface area contributed by atoms with Gasteiger partial charge in [-0.25, -0.2) is 14.0 Å². The molecular weight excluding hydrogens is 396 g/mol. The highest BCUT2D eigenvalue weighted by Crippen LogP contribution is 2.35. The highest BCUT2D eigenvalue weighted by atomic mass is 19.4. The molecule has 10 heteroatoms. The van der Waals surface area contributed by atoms with E-state index in [1.165, 1.54) is 19.3 Å². The van der Waals surface area contributed by atoms with Gasteiger partial charge in [-0.2, -0.15) is 13.2 Å². The molecule has 2 N–H and O–H groups in total. The Morgan fingerprint density at radius 1 is 1.00 bits per heavy atom. The SMILES string of the molecule is COC(=O)/C=C/c1cc(F)ccc1NC(=O)Nc1cc(C(F)(F)F)ccc1OC. The van der Waals surface area contributed by atoms with Crippen LogP contribution in [0.15, 0.2) is 42.5 Å². The van der Waals surface area contributed by atoms with E-state index in [0.717, 1.165) is 43.5 Å². The van der Waals surface area contributed by atoms with E-state index in [-0.39, 0.29) is 22.7 Å². The van der Waals surface area contributed by atoms with Crippen molar-refractivity contribution < 1.29 is 36.6 Å². The fraction of sp³-hybridized carbons (Fsp3) is 0.158. The summed E-state index contributed by atoms with van der Waals surface area (Å²) in [4.78, 5) is 23.5. The number of rotatable bonds is 5. The number of anilines is 2. The second-order valence-electron chi connectivity index (χ2n) is 5.58. The van der Waals surface area contributed by atoms with Crippen LogP contribution in [0.3, 0.4) is 0 Å². The van der Waals surface area contributed by atoms with Gasteiger partial charge in [0, 0.05) is 17.3 Å². The number of nitrogens with one attached hydrogen (secondary N) is 2. The van der Waals surface area contributed by atoms with Crippen LogP contribution >= 0.6 is 0 Å². The molecule has 6 nitrogen and oxygen atoms in total. The molecule has 0 radical (unpaired) electrons. The van der Waals surface area contributed by atoms with Gasteiger partial charge < -0.3 is 20.1 Å². The van der Waals surface area contributed by atoms with Crippen LogP contribution in [0.4, 0.5) is 33.7 Å². The maximum atomic E-state index is 13.5. The lowest BCUT2D eigenvalue weighted by atomic mass is 10.1. The van der Waals surface area contributed by atoms with Crippen LogP contribution in [0.2, 0.25) is 0 Å². The van der Waals surface area contributed by atoms with E-state index < -0.39 is 29.6 Å². The van der Waals surface area contributed by atoms with Crippen molar-refractivity contribution in [2.75, 3.05) is 24.9 Å². The molecule has 0 saturated heterocycles. The molecule has 0 spiro atoms. The Morgan fingerprint density at radius 3 is 2.31 bits per heavy atom. The highest BCUT2D eigenvalue weighted by molar-refractivity contribution is 6.02. The topological polar surface area (TPSA) is 76.7 Å². The summed E-state index contributed by atoms with van der Waals surface area (Å²) >= 11 is 0. The van der Waals surface area contributed by atoms with Crippen molar-refractivity contribution in [1.29, 1.82) is 0 Å². The number of carbonyl (C=O) groups is 2.